The van der Waals surface area contributed by atoms with Crippen molar-refractivity contribution < 1.29 is 0 Å². The molecule has 0 saturated carbocycles. The zero-order valence-electron chi connectivity index (χ0n) is 12.9. The molecule has 0 aliphatic heterocycles. The number of rotatable bonds is 9. The van der Waals surface area contributed by atoms with Crippen LogP contribution >= 0.6 is 0 Å². The van der Waals surface area contributed by atoms with Gasteiger partial charge in [-0.15, -0.1) is 0 Å². The second kappa shape index (κ2) is 11.3. The van der Waals surface area contributed by atoms with Crippen molar-refractivity contribution in [2.75, 3.05) is 39.3 Å². The van der Waals surface area contributed by atoms with Gasteiger partial charge in [-0.3, -0.25) is 4.99 Å². The molecule has 0 rings (SSSR count). The minimum atomic E-state index is 0.715. The van der Waals surface area contributed by atoms with Gasteiger partial charge in [-0.2, -0.15) is 0 Å². The Hall–Kier alpha value is -0.770. The highest BCUT2D eigenvalue weighted by Gasteiger charge is 2.00. The van der Waals surface area contributed by atoms with Crippen LogP contribution in [0.1, 0.15) is 41.0 Å². The summed E-state index contributed by atoms with van der Waals surface area (Å²) in [6, 6.07) is 0. The molecule has 0 amide bonds. The van der Waals surface area contributed by atoms with Crippen molar-refractivity contribution in [3.05, 3.63) is 0 Å². The van der Waals surface area contributed by atoms with Gasteiger partial charge in [0.25, 0.3) is 0 Å². The van der Waals surface area contributed by atoms with Crippen LogP contribution in [0.3, 0.4) is 0 Å². The van der Waals surface area contributed by atoms with Crippen molar-refractivity contribution in [2.24, 2.45) is 10.9 Å². The van der Waals surface area contributed by atoms with E-state index in [1.165, 1.54) is 0 Å². The zero-order valence-corrected chi connectivity index (χ0v) is 12.9. The fraction of sp³-hybridized carbons (Fsp3) is 0.929. The smallest absolute Gasteiger partial charge is 0.191 e. The largest absolute Gasteiger partial charge is 0.357 e. The maximum Gasteiger partial charge on any atom is 0.191 e. The monoisotopic (exact) mass is 256 g/mol. The Kier molecular flexibility index (Phi) is 10.8. The summed E-state index contributed by atoms with van der Waals surface area (Å²) in [7, 11) is 0. The number of likely N-dealkylation sites (N-methyl/N-ethyl adjacent to an activating group) is 1. The van der Waals surface area contributed by atoms with E-state index in [2.05, 4.69) is 55.1 Å². The van der Waals surface area contributed by atoms with Gasteiger partial charge in [0.1, 0.15) is 0 Å². The summed E-state index contributed by atoms with van der Waals surface area (Å²) in [5, 5.41) is 6.68. The van der Waals surface area contributed by atoms with Crippen LogP contribution in [-0.2, 0) is 0 Å². The van der Waals surface area contributed by atoms with Crippen molar-refractivity contribution in [3.63, 3.8) is 0 Å². The Balaban J connectivity index is 3.95. The van der Waals surface area contributed by atoms with Crippen molar-refractivity contribution in [3.8, 4) is 0 Å². The van der Waals surface area contributed by atoms with E-state index in [9.17, 15) is 0 Å². The number of nitrogens with zero attached hydrogens (tertiary/aromatic N) is 2. The van der Waals surface area contributed by atoms with Gasteiger partial charge in [0.15, 0.2) is 5.96 Å². The van der Waals surface area contributed by atoms with E-state index in [1.807, 2.05) is 0 Å². The van der Waals surface area contributed by atoms with Gasteiger partial charge in [-0.25, -0.2) is 0 Å². The Bertz CT molecular complexity index is 210. The first kappa shape index (κ1) is 17.2. The van der Waals surface area contributed by atoms with Gasteiger partial charge < -0.3 is 15.5 Å². The highest BCUT2D eigenvalue weighted by molar-refractivity contribution is 5.79. The first-order valence-corrected chi connectivity index (χ1v) is 7.38. The lowest BCUT2D eigenvalue weighted by molar-refractivity contribution is 0.308. The van der Waals surface area contributed by atoms with Crippen LogP contribution in [0, 0.1) is 5.92 Å². The second-order valence-corrected chi connectivity index (χ2v) is 4.90. The summed E-state index contributed by atoms with van der Waals surface area (Å²) in [5.41, 5.74) is 0. The molecule has 0 aliphatic carbocycles. The van der Waals surface area contributed by atoms with E-state index in [0.29, 0.717) is 5.92 Å². The maximum absolute atomic E-state index is 4.58. The van der Waals surface area contributed by atoms with Crippen LogP contribution in [-0.4, -0.2) is 50.1 Å². The summed E-state index contributed by atoms with van der Waals surface area (Å²) >= 11 is 0. The standard InChI is InChI=1S/C14H32N4/c1-6-15-14(16-10-9-13(4)5)17-11-12-18(7-2)8-3/h13H,6-12H2,1-5H3,(H2,15,16,17). The molecule has 0 aromatic rings. The number of guanidine groups is 1. The molecule has 0 aliphatic rings. The van der Waals surface area contributed by atoms with E-state index in [4.69, 9.17) is 0 Å². The van der Waals surface area contributed by atoms with E-state index >= 15 is 0 Å². The molecule has 0 aromatic heterocycles. The summed E-state index contributed by atoms with van der Waals surface area (Å²) in [5.74, 6) is 1.66. The topological polar surface area (TPSA) is 39.7 Å². The average Bonchev–Trinajstić information content (AvgIpc) is 2.34. The number of hydrogen-bond donors (Lipinski definition) is 2. The molecule has 0 atom stereocenters. The Morgan fingerprint density at radius 1 is 1.11 bits per heavy atom. The molecule has 4 heteroatoms. The Morgan fingerprint density at radius 3 is 2.28 bits per heavy atom. The highest BCUT2D eigenvalue weighted by Crippen LogP contribution is 1.98. The minimum Gasteiger partial charge on any atom is -0.357 e. The summed E-state index contributed by atoms with van der Waals surface area (Å²) in [6.07, 6.45) is 1.15. The minimum absolute atomic E-state index is 0.715. The third-order valence-corrected chi connectivity index (χ3v) is 2.94. The normalized spacial score (nSPS) is 12.3. The lowest BCUT2D eigenvalue weighted by Crippen LogP contribution is -2.41. The first-order chi connectivity index (χ1) is 8.63. The van der Waals surface area contributed by atoms with Gasteiger partial charge >= 0.3 is 0 Å². The molecular formula is C14H32N4. The SMILES string of the molecule is CCNC(=NCCC(C)C)NCCN(CC)CC. The molecule has 0 unspecified atom stereocenters. The van der Waals surface area contributed by atoms with Gasteiger partial charge in [-0.05, 0) is 32.4 Å². The molecule has 0 aromatic carbocycles. The summed E-state index contributed by atoms with van der Waals surface area (Å²) in [4.78, 5) is 6.99. The van der Waals surface area contributed by atoms with Crippen LogP contribution in [0.15, 0.2) is 4.99 Å². The Labute approximate surface area is 113 Å². The molecule has 0 bridgehead atoms. The van der Waals surface area contributed by atoms with Gasteiger partial charge in [0.05, 0.1) is 0 Å². The molecule has 108 valence electrons. The molecule has 0 fully saturated rings. The molecule has 0 saturated heterocycles. The molecule has 4 nitrogen and oxygen atoms in total. The van der Waals surface area contributed by atoms with Crippen LogP contribution in [0.5, 0.6) is 0 Å². The van der Waals surface area contributed by atoms with Crippen molar-refractivity contribution in [2.45, 2.75) is 41.0 Å². The van der Waals surface area contributed by atoms with Crippen molar-refractivity contribution >= 4 is 5.96 Å². The maximum atomic E-state index is 4.58. The summed E-state index contributed by atoms with van der Waals surface area (Å²) in [6.45, 7) is 17.0. The predicted octanol–water partition coefficient (Wildman–Crippen LogP) is 1.93. The first-order valence-electron chi connectivity index (χ1n) is 7.38. The molecular weight excluding hydrogens is 224 g/mol. The summed E-state index contributed by atoms with van der Waals surface area (Å²) < 4.78 is 0. The fourth-order valence-corrected chi connectivity index (χ4v) is 1.65. The molecule has 0 heterocycles. The van der Waals surface area contributed by atoms with E-state index in [-0.39, 0.29) is 0 Å². The van der Waals surface area contributed by atoms with Crippen LogP contribution in [0.25, 0.3) is 0 Å². The second-order valence-electron chi connectivity index (χ2n) is 4.90. The molecule has 0 radical (unpaired) electrons. The third-order valence-electron chi connectivity index (χ3n) is 2.94. The average molecular weight is 256 g/mol. The molecule has 0 spiro atoms. The van der Waals surface area contributed by atoms with E-state index < -0.39 is 0 Å². The highest BCUT2D eigenvalue weighted by atomic mass is 15.2. The predicted molar refractivity (Wildman–Crippen MR) is 81.2 cm³/mol. The number of aliphatic imine (C=N–C) groups is 1. The number of nitrogens with one attached hydrogen (secondary N) is 2. The van der Waals surface area contributed by atoms with Crippen LogP contribution in [0.2, 0.25) is 0 Å². The van der Waals surface area contributed by atoms with Crippen molar-refractivity contribution in [1.82, 2.24) is 15.5 Å². The Morgan fingerprint density at radius 2 is 1.78 bits per heavy atom. The van der Waals surface area contributed by atoms with Crippen molar-refractivity contribution in [1.29, 1.82) is 0 Å². The van der Waals surface area contributed by atoms with E-state index in [1.54, 1.807) is 0 Å². The van der Waals surface area contributed by atoms with Gasteiger partial charge in [0, 0.05) is 26.2 Å². The van der Waals surface area contributed by atoms with Crippen LogP contribution in [0.4, 0.5) is 0 Å². The number of hydrogen-bond acceptors (Lipinski definition) is 2. The molecule has 2 N–H and O–H groups in total. The van der Waals surface area contributed by atoms with E-state index in [0.717, 1.165) is 51.6 Å². The zero-order chi connectivity index (χ0) is 13.8. The lowest BCUT2D eigenvalue weighted by atomic mass is 10.1. The fourth-order valence-electron chi connectivity index (χ4n) is 1.65. The molecule has 18 heavy (non-hydrogen) atoms. The lowest BCUT2D eigenvalue weighted by Gasteiger charge is -2.19. The third kappa shape index (κ3) is 9.28. The van der Waals surface area contributed by atoms with Crippen LogP contribution < -0.4 is 10.6 Å². The van der Waals surface area contributed by atoms with Gasteiger partial charge in [-0.1, -0.05) is 27.7 Å². The van der Waals surface area contributed by atoms with Gasteiger partial charge in [0.2, 0.25) is 0 Å². The quantitative estimate of drug-likeness (QED) is 0.489.